The molecule has 0 radical (unpaired) electrons. The summed E-state index contributed by atoms with van der Waals surface area (Å²) >= 11 is 3.34. The van der Waals surface area contributed by atoms with Crippen LogP contribution in [0.3, 0.4) is 0 Å². The third kappa shape index (κ3) is 2.66. The van der Waals surface area contributed by atoms with Gasteiger partial charge in [0.25, 0.3) is 5.56 Å². The van der Waals surface area contributed by atoms with Crippen molar-refractivity contribution in [3.63, 3.8) is 0 Å². The number of rotatable bonds is 1. The highest BCUT2D eigenvalue weighted by Gasteiger charge is 2.15. The molecule has 0 bridgehead atoms. The Hall–Kier alpha value is -2.80. The number of nitrogens with zero attached hydrogens (tertiary/aromatic N) is 2. The number of aromatic nitrogens is 3. The summed E-state index contributed by atoms with van der Waals surface area (Å²) in [6.07, 6.45) is 1.58. The summed E-state index contributed by atoms with van der Waals surface area (Å²) < 4.78 is 6.09. The number of H-pyrrole nitrogens is 1. The molecule has 4 aromatic rings. The minimum atomic E-state index is -0.525. The van der Waals surface area contributed by atoms with E-state index in [1.165, 1.54) is 6.07 Å². The van der Waals surface area contributed by atoms with Crippen LogP contribution in [0.2, 0.25) is 0 Å². The Balaban J connectivity index is 2.14. The summed E-state index contributed by atoms with van der Waals surface area (Å²) in [5.41, 5.74) is 2.87. The number of hydrogen-bond donors (Lipinski definition) is 1. The van der Waals surface area contributed by atoms with Gasteiger partial charge in [-0.15, -0.1) is 0 Å². The normalized spacial score (nSPS) is 11.3. The molecule has 1 N–H and O–H groups in total. The molecule has 1 aromatic carbocycles. The van der Waals surface area contributed by atoms with Crippen LogP contribution in [-0.4, -0.2) is 15.0 Å². The van der Waals surface area contributed by atoms with Crippen molar-refractivity contribution < 1.29 is 4.42 Å². The third-order valence-electron chi connectivity index (χ3n) is 3.94. The Morgan fingerprint density at radius 2 is 1.92 bits per heavy atom. The molecule has 0 atom stereocenters. The van der Waals surface area contributed by atoms with Gasteiger partial charge in [-0.3, -0.25) is 4.79 Å². The maximum absolute atomic E-state index is 12.5. The van der Waals surface area contributed by atoms with E-state index in [1.54, 1.807) is 12.3 Å². The average molecular weight is 398 g/mol. The minimum Gasteiger partial charge on any atom is -0.422 e. The minimum absolute atomic E-state index is 0.162. The highest BCUT2D eigenvalue weighted by Crippen LogP contribution is 2.28. The monoisotopic (exact) mass is 397 g/mol. The molecule has 0 saturated heterocycles. The summed E-state index contributed by atoms with van der Waals surface area (Å²) in [6, 6.07) is 6.86. The van der Waals surface area contributed by atoms with E-state index in [9.17, 15) is 9.59 Å². The molecule has 0 aliphatic heterocycles. The Morgan fingerprint density at radius 3 is 2.72 bits per heavy atom. The van der Waals surface area contributed by atoms with Crippen molar-refractivity contribution in [1.29, 1.82) is 0 Å². The van der Waals surface area contributed by atoms with Crippen LogP contribution < -0.4 is 11.2 Å². The van der Waals surface area contributed by atoms with Crippen molar-refractivity contribution in [2.75, 3.05) is 0 Å². The van der Waals surface area contributed by atoms with Gasteiger partial charge in [0.15, 0.2) is 5.65 Å². The second-order valence-corrected chi connectivity index (χ2v) is 6.79. The van der Waals surface area contributed by atoms with Gasteiger partial charge in [-0.05, 0) is 53.0 Å². The van der Waals surface area contributed by atoms with Crippen LogP contribution >= 0.6 is 15.9 Å². The first kappa shape index (κ1) is 15.7. The molecule has 7 heteroatoms. The molecule has 25 heavy (non-hydrogen) atoms. The van der Waals surface area contributed by atoms with Gasteiger partial charge in [0.05, 0.1) is 0 Å². The number of fused-ring (bicyclic) bond motifs is 2. The van der Waals surface area contributed by atoms with Crippen LogP contribution in [0.5, 0.6) is 0 Å². The predicted octanol–water partition coefficient (Wildman–Crippen LogP) is 3.47. The molecule has 0 spiro atoms. The molecule has 124 valence electrons. The van der Waals surface area contributed by atoms with Crippen molar-refractivity contribution in [3.8, 4) is 11.3 Å². The molecule has 3 aromatic heterocycles. The quantitative estimate of drug-likeness (QED) is 0.496. The topological polar surface area (TPSA) is 88.8 Å². The van der Waals surface area contributed by atoms with Gasteiger partial charge in [-0.1, -0.05) is 6.07 Å². The smallest absolute Gasteiger partial charge is 0.336 e. The first-order valence-corrected chi connectivity index (χ1v) is 8.33. The summed E-state index contributed by atoms with van der Waals surface area (Å²) in [4.78, 5) is 35.9. The van der Waals surface area contributed by atoms with Crippen LogP contribution in [0, 0.1) is 13.8 Å². The zero-order valence-corrected chi connectivity index (χ0v) is 15.0. The van der Waals surface area contributed by atoms with E-state index >= 15 is 0 Å². The Bertz CT molecular complexity index is 1270. The van der Waals surface area contributed by atoms with Crippen LogP contribution in [0.25, 0.3) is 33.4 Å². The van der Waals surface area contributed by atoms with E-state index in [2.05, 4.69) is 30.9 Å². The number of benzene rings is 1. The number of pyridine rings is 1. The van der Waals surface area contributed by atoms with E-state index in [1.807, 2.05) is 26.0 Å². The standard InChI is InChI=1S/C18H12BrN3O3/c1-8-3-9(2)16-12(4-8)11(6-14(23)25-16)15-18(24)22-17-13(21-15)5-10(19)7-20-17/h3-7H,1-2H3,(H,20,22,24). The van der Waals surface area contributed by atoms with Crippen molar-refractivity contribution in [3.05, 3.63) is 66.8 Å². The second kappa shape index (κ2) is 5.63. The summed E-state index contributed by atoms with van der Waals surface area (Å²) in [5.74, 6) is 0. The van der Waals surface area contributed by atoms with Gasteiger partial charge < -0.3 is 9.40 Å². The van der Waals surface area contributed by atoms with Crippen LogP contribution in [0.15, 0.2) is 48.9 Å². The highest BCUT2D eigenvalue weighted by molar-refractivity contribution is 9.10. The van der Waals surface area contributed by atoms with Crippen molar-refractivity contribution in [2.24, 2.45) is 0 Å². The predicted molar refractivity (Wildman–Crippen MR) is 98.8 cm³/mol. The maximum Gasteiger partial charge on any atom is 0.336 e. The zero-order chi connectivity index (χ0) is 17.7. The summed E-state index contributed by atoms with van der Waals surface area (Å²) in [6.45, 7) is 3.81. The van der Waals surface area contributed by atoms with Crippen molar-refractivity contribution >= 4 is 38.1 Å². The Labute approximate surface area is 149 Å². The van der Waals surface area contributed by atoms with Gasteiger partial charge in [-0.25, -0.2) is 14.8 Å². The number of aryl methyl sites for hydroxylation is 2. The van der Waals surface area contributed by atoms with Gasteiger partial charge in [-0.2, -0.15) is 0 Å². The number of hydrogen-bond acceptors (Lipinski definition) is 5. The lowest BCUT2D eigenvalue weighted by atomic mass is 10.0. The zero-order valence-electron chi connectivity index (χ0n) is 13.4. The summed E-state index contributed by atoms with van der Waals surface area (Å²) in [7, 11) is 0. The highest BCUT2D eigenvalue weighted by atomic mass is 79.9. The lowest BCUT2D eigenvalue weighted by Gasteiger charge is -2.08. The lowest BCUT2D eigenvalue weighted by Crippen LogP contribution is -2.14. The van der Waals surface area contributed by atoms with E-state index < -0.39 is 11.2 Å². The van der Waals surface area contributed by atoms with Gasteiger partial charge >= 0.3 is 5.63 Å². The number of nitrogens with one attached hydrogen (secondary N) is 1. The first-order valence-electron chi connectivity index (χ1n) is 7.53. The number of halogens is 1. The Kier molecular flexibility index (Phi) is 3.54. The molecule has 3 heterocycles. The fourth-order valence-electron chi connectivity index (χ4n) is 2.94. The molecule has 0 aliphatic carbocycles. The second-order valence-electron chi connectivity index (χ2n) is 5.87. The molecule has 4 rings (SSSR count). The van der Waals surface area contributed by atoms with E-state index in [-0.39, 0.29) is 5.69 Å². The lowest BCUT2D eigenvalue weighted by molar-refractivity contribution is 0.559. The molecule has 0 unspecified atom stereocenters. The van der Waals surface area contributed by atoms with Gasteiger partial charge in [0.2, 0.25) is 0 Å². The van der Waals surface area contributed by atoms with Crippen LogP contribution in [-0.2, 0) is 0 Å². The molecule has 0 fully saturated rings. The van der Waals surface area contributed by atoms with Crippen molar-refractivity contribution in [1.82, 2.24) is 15.0 Å². The van der Waals surface area contributed by atoms with E-state index in [0.29, 0.717) is 27.7 Å². The molecule has 6 nitrogen and oxygen atoms in total. The van der Waals surface area contributed by atoms with Gasteiger partial charge in [0.1, 0.15) is 16.8 Å². The molecule has 0 amide bonds. The SMILES string of the molecule is Cc1cc(C)c2oc(=O)cc(-c3nc4cc(Br)cnc4[nH]c3=O)c2c1. The fraction of sp³-hybridized carbons (Fsp3) is 0.111. The maximum atomic E-state index is 12.5. The first-order chi connectivity index (χ1) is 11.9. The average Bonchev–Trinajstić information content (AvgIpc) is 2.55. The number of aromatic amines is 1. The fourth-order valence-corrected chi connectivity index (χ4v) is 3.26. The molecular formula is C18H12BrN3O3. The van der Waals surface area contributed by atoms with Crippen molar-refractivity contribution in [2.45, 2.75) is 13.8 Å². The molecular weight excluding hydrogens is 386 g/mol. The van der Waals surface area contributed by atoms with Crippen LogP contribution in [0.1, 0.15) is 11.1 Å². The Morgan fingerprint density at radius 1 is 1.12 bits per heavy atom. The van der Waals surface area contributed by atoms with E-state index in [4.69, 9.17) is 4.42 Å². The third-order valence-corrected chi connectivity index (χ3v) is 4.38. The summed E-state index contributed by atoms with van der Waals surface area (Å²) in [5, 5.41) is 0.678. The van der Waals surface area contributed by atoms with Crippen LogP contribution in [0.4, 0.5) is 0 Å². The molecule has 0 saturated carbocycles. The van der Waals surface area contributed by atoms with Gasteiger partial charge in [0, 0.05) is 27.7 Å². The van der Waals surface area contributed by atoms with E-state index in [0.717, 1.165) is 15.6 Å². The largest absolute Gasteiger partial charge is 0.422 e. The molecule has 0 aliphatic rings.